The molecule has 1 heterocycles. The van der Waals surface area contributed by atoms with Crippen molar-refractivity contribution in [2.45, 2.75) is 40.2 Å². The van der Waals surface area contributed by atoms with Crippen LogP contribution in [-0.2, 0) is 9.59 Å². The van der Waals surface area contributed by atoms with Crippen molar-refractivity contribution in [1.82, 2.24) is 4.90 Å². The summed E-state index contributed by atoms with van der Waals surface area (Å²) in [5.41, 5.74) is 2.30. The minimum atomic E-state index is -0.688. The van der Waals surface area contributed by atoms with E-state index >= 15 is 0 Å². The summed E-state index contributed by atoms with van der Waals surface area (Å²) < 4.78 is 5.53. The number of aliphatic hydroxyl groups excluding tert-OH is 1. The molecule has 7 heteroatoms. The molecule has 0 bridgehead atoms. The summed E-state index contributed by atoms with van der Waals surface area (Å²) in [7, 11) is 0. The van der Waals surface area contributed by atoms with E-state index in [0.29, 0.717) is 35.9 Å². The van der Waals surface area contributed by atoms with E-state index in [2.05, 4.69) is 18.7 Å². The van der Waals surface area contributed by atoms with Crippen LogP contribution in [0.3, 0.4) is 0 Å². The number of ketones is 1. The topological polar surface area (TPSA) is 70.1 Å². The van der Waals surface area contributed by atoms with Crippen molar-refractivity contribution in [2.75, 3.05) is 31.1 Å². The fourth-order valence-electron chi connectivity index (χ4n) is 4.23. The van der Waals surface area contributed by atoms with Crippen LogP contribution in [0, 0.1) is 0 Å². The van der Waals surface area contributed by atoms with Gasteiger partial charge in [-0.2, -0.15) is 0 Å². The third-order valence-electron chi connectivity index (χ3n) is 5.85. The van der Waals surface area contributed by atoms with Crippen LogP contribution in [0.15, 0.2) is 48.0 Å². The van der Waals surface area contributed by atoms with E-state index in [1.54, 1.807) is 23.1 Å². The van der Waals surface area contributed by atoms with Gasteiger partial charge in [-0.15, -0.1) is 0 Å². The van der Waals surface area contributed by atoms with E-state index in [1.807, 2.05) is 38.1 Å². The minimum absolute atomic E-state index is 0.0776. The number of aliphatic hydroxyl groups is 1. The van der Waals surface area contributed by atoms with Crippen LogP contribution in [0.5, 0.6) is 5.75 Å². The van der Waals surface area contributed by atoms with Crippen molar-refractivity contribution in [3.8, 4) is 5.75 Å². The second-order valence-corrected chi connectivity index (χ2v) is 8.24. The molecule has 1 saturated heterocycles. The van der Waals surface area contributed by atoms with Gasteiger partial charge in [0.2, 0.25) is 0 Å². The number of anilines is 1. The molecule has 1 N–H and O–H groups in total. The molecule has 6 nitrogen and oxygen atoms in total. The maximum atomic E-state index is 13.1. The molecule has 2 aromatic rings. The van der Waals surface area contributed by atoms with Gasteiger partial charge in [0.15, 0.2) is 0 Å². The highest BCUT2D eigenvalue weighted by Crippen LogP contribution is 2.40. The number of Topliss-reactive ketones (excluding diaryl/α,β-unsaturated/α-hetero) is 1. The van der Waals surface area contributed by atoms with Crippen LogP contribution >= 0.6 is 11.6 Å². The largest absolute Gasteiger partial charge is 0.507 e. The summed E-state index contributed by atoms with van der Waals surface area (Å²) in [4.78, 5) is 29.7. The van der Waals surface area contributed by atoms with Gasteiger partial charge in [-0.25, -0.2) is 0 Å². The van der Waals surface area contributed by atoms with Gasteiger partial charge in [0.1, 0.15) is 11.5 Å². The van der Waals surface area contributed by atoms with Gasteiger partial charge in [-0.1, -0.05) is 30.7 Å². The first-order chi connectivity index (χ1) is 15.9. The van der Waals surface area contributed by atoms with Crippen LogP contribution in [0.4, 0.5) is 5.69 Å². The van der Waals surface area contributed by atoms with Gasteiger partial charge in [0.05, 0.1) is 23.2 Å². The molecule has 1 atom stereocenters. The van der Waals surface area contributed by atoms with E-state index in [4.69, 9.17) is 16.3 Å². The van der Waals surface area contributed by atoms with Gasteiger partial charge in [-0.3, -0.25) is 9.59 Å². The first-order valence-corrected chi connectivity index (χ1v) is 11.8. The first kappa shape index (κ1) is 24.6. The predicted octanol–water partition coefficient (Wildman–Crippen LogP) is 5.42. The average Bonchev–Trinajstić information content (AvgIpc) is 3.07. The zero-order chi connectivity index (χ0) is 24.1. The number of rotatable bonds is 9. The molecule has 1 amide bonds. The maximum absolute atomic E-state index is 13.1. The summed E-state index contributed by atoms with van der Waals surface area (Å²) >= 11 is 6.19. The normalized spacial score (nSPS) is 17.5. The lowest BCUT2D eigenvalue weighted by Crippen LogP contribution is -2.30. The Morgan fingerprint density at radius 2 is 1.73 bits per heavy atom. The highest BCUT2D eigenvalue weighted by molar-refractivity contribution is 6.46. The lowest BCUT2D eigenvalue weighted by Gasteiger charge is -2.26. The summed E-state index contributed by atoms with van der Waals surface area (Å²) in [6, 6.07) is 12.0. The highest BCUT2D eigenvalue weighted by atomic mass is 35.5. The number of nitrogens with zero attached hydrogens (tertiary/aromatic N) is 2. The van der Waals surface area contributed by atoms with Crippen molar-refractivity contribution < 1.29 is 19.4 Å². The van der Waals surface area contributed by atoms with E-state index in [-0.39, 0.29) is 11.3 Å². The third kappa shape index (κ3) is 4.86. The number of hydrogen-bond acceptors (Lipinski definition) is 5. The number of amides is 1. The molecule has 3 rings (SSSR count). The second kappa shape index (κ2) is 10.8. The van der Waals surface area contributed by atoms with E-state index in [0.717, 1.165) is 24.3 Å². The Balaban J connectivity index is 2.13. The second-order valence-electron chi connectivity index (χ2n) is 7.83. The molecule has 1 aliphatic rings. The van der Waals surface area contributed by atoms with Gasteiger partial charge in [0, 0.05) is 30.9 Å². The molecular formula is C26H31ClN2O4. The van der Waals surface area contributed by atoms with Crippen LogP contribution in [0.2, 0.25) is 5.02 Å². The van der Waals surface area contributed by atoms with Crippen molar-refractivity contribution in [1.29, 1.82) is 0 Å². The van der Waals surface area contributed by atoms with Crippen LogP contribution in [0.25, 0.3) is 5.76 Å². The quantitative estimate of drug-likeness (QED) is 0.301. The molecule has 33 heavy (non-hydrogen) atoms. The lowest BCUT2D eigenvalue weighted by atomic mass is 9.95. The fourth-order valence-corrected chi connectivity index (χ4v) is 4.40. The molecule has 1 fully saturated rings. The van der Waals surface area contributed by atoms with Crippen molar-refractivity contribution >= 4 is 34.7 Å². The Kier molecular flexibility index (Phi) is 8.03. The van der Waals surface area contributed by atoms with Gasteiger partial charge in [0.25, 0.3) is 11.7 Å². The van der Waals surface area contributed by atoms with Crippen molar-refractivity contribution in [3.05, 3.63) is 64.2 Å². The monoisotopic (exact) mass is 470 g/mol. The molecular weight excluding hydrogens is 440 g/mol. The maximum Gasteiger partial charge on any atom is 0.295 e. The number of benzene rings is 2. The summed E-state index contributed by atoms with van der Waals surface area (Å²) in [6.45, 7) is 10.5. The van der Waals surface area contributed by atoms with Crippen LogP contribution < -0.4 is 9.64 Å². The zero-order valence-electron chi connectivity index (χ0n) is 19.6. The van der Waals surface area contributed by atoms with Gasteiger partial charge >= 0.3 is 0 Å². The molecule has 0 radical (unpaired) electrons. The standard InChI is InChI=1S/C26H31ClN2O4/c1-5-15-29-23(17-9-12-19(13-10-17)28(6-2)7-3)22(25(31)26(29)32)24(30)18-11-14-20(27)21(16-18)33-8-4/h9-14,16,23,30H,5-8,15H2,1-4H3/b24-22-. The van der Waals surface area contributed by atoms with E-state index in [9.17, 15) is 14.7 Å². The van der Waals surface area contributed by atoms with E-state index in [1.165, 1.54) is 0 Å². The van der Waals surface area contributed by atoms with Crippen LogP contribution in [0.1, 0.15) is 51.3 Å². The minimum Gasteiger partial charge on any atom is -0.507 e. The molecule has 1 aliphatic heterocycles. The molecule has 1 unspecified atom stereocenters. The Hall–Kier alpha value is -2.99. The highest BCUT2D eigenvalue weighted by Gasteiger charge is 2.45. The van der Waals surface area contributed by atoms with Gasteiger partial charge in [-0.05, 0) is 63.1 Å². The van der Waals surface area contributed by atoms with Crippen LogP contribution in [-0.4, -0.2) is 47.9 Å². The molecule has 0 spiro atoms. The lowest BCUT2D eigenvalue weighted by molar-refractivity contribution is -0.139. The average molecular weight is 471 g/mol. The Morgan fingerprint density at radius 3 is 2.30 bits per heavy atom. The van der Waals surface area contributed by atoms with Crippen molar-refractivity contribution in [2.24, 2.45) is 0 Å². The molecule has 0 saturated carbocycles. The molecule has 176 valence electrons. The smallest absolute Gasteiger partial charge is 0.295 e. The predicted molar refractivity (Wildman–Crippen MR) is 132 cm³/mol. The Labute approximate surface area is 200 Å². The number of carbonyl (C=O) groups excluding carboxylic acids is 2. The molecule has 0 aliphatic carbocycles. The van der Waals surface area contributed by atoms with E-state index < -0.39 is 17.7 Å². The zero-order valence-corrected chi connectivity index (χ0v) is 20.4. The Morgan fingerprint density at radius 1 is 1.06 bits per heavy atom. The van der Waals surface area contributed by atoms with Gasteiger partial charge < -0.3 is 19.6 Å². The molecule has 0 aromatic heterocycles. The van der Waals surface area contributed by atoms with Crippen molar-refractivity contribution in [3.63, 3.8) is 0 Å². The number of hydrogen-bond donors (Lipinski definition) is 1. The number of carbonyl (C=O) groups is 2. The molecule has 2 aromatic carbocycles. The summed E-state index contributed by atoms with van der Waals surface area (Å²) in [5, 5.41) is 11.6. The third-order valence-corrected chi connectivity index (χ3v) is 6.16. The number of likely N-dealkylation sites (tertiary alicyclic amines) is 1. The fraction of sp³-hybridized carbons (Fsp3) is 0.385. The summed E-state index contributed by atoms with van der Waals surface area (Å²) in [5.74, 6) is -1.12. The SMILES string of the molecule is CCCN1C(=O)C(=O)/C(=C(\O)c2ccc(Cl)c(OCC)c2)C1c1ccc(N(CC)CC)cc1. The first-order valence-electron chi connectivity index (χ1n) is 11.4. The Bertz CT molecular complexity index is 1040. The number of halogens is 1. The summed E-state index contributed by atoms with van der Waals surface area (Å²) in [6.07, 6.45) is 0.691. The number of ether oxygens (including phenoxy) is 1.